The van der Waals surface area contributed by atoms with Crippen LogP contribution in [0, 0.1) is 0 Å². The summed E-state index contributed by atoms with van der Waals surface area (Å²) in [5.74, 6) is 0.524. The van der Waals surface area contributed by atoms with Crippen molar-refractivity contribution in [1.29, 1.82) is 0 Å². The summed E-state index contributed by atoms with van der Waals surface area (Å²) in [5, 5.41) is 20.1. The van der Waals surface area contributed by atoms with Gasteiger partial charge in [-0.2, -0.15) is 0 Å². The Morgan fingerprint density at radius 1 is 1.57 bits per heavy atom. The Labute approximate surface area is 91.9 Å². The highest BCUT2D eigenvalue weighted by atomic mass is 32.2. The molecule has 1 heterocycles. The van der Waals surface area contributed by atoms with Gasteiger partial charge < -0.3 is 15.9 Å². The third-order valence-electron chi connectivity index (χ3n) is 1.78. The maximum Gasteiger partial charge on any atom is 0.0861 e. The molecule has 0 aromatic carbocycles. The number of thioether (sulfide) groups is 1. The number of thiophene rings is 1. The van der Waals surface area contributed by atoms with E-state index in [9.17, 15) is 5.11 Å². The first-order valence-corrected chi connectivity index (χ1v) is 6.34. The summed E-state index contributed by atoms with van der Waals surface area (Å²) in [5.41, 5.74) is 5.63. The van der Waals surface area contributed by atoms with Gasteiger partial charge in [-0.3, -0.25) is 0 Å². The van der Waals surface area contributed by atoms with E-state index in [0.717, 1.165) is 0 Å². The molecular weight excluding hydrogens is 218 g/mol. The molecule has 0 spiro atoms. The van der Waals surface area contributed by atoms with Crippen LogP contribution in [0.15, 0.2) is 17.5 Å². The van der Waals surface area contributed by atoms with Crippen LogP contribution >= 0.6 is 23.1 Å². The van der Waals surface area contributed by atoms with Crippen LogP contribution in [0.3, 0.4) is 0 Å². The molecule has 4 N–H and O–H groups in total. The average Bonchev–Trinajstić information content (AvgIpc) is 2.72. The largest absolute Gasteiger partial charge is 0.394 e. The number of nitrogens with two attached hydrogens (primary N) is 1. The number of aliphatic hydroxyl groups is 2. The minimum Gasteiger partial charge on any atom is -0.394 e. The summed E-state index contributed by atoms with van der Waals surface area (Å²) in [6, 6.07) is 4.03. The van der Waals surface area contributed by atoms with Gasteiger partial charge in [0.25, 0.3) is 0 Å². The van der Waals surface area contributed by atoms with E-state index in [-0.39, 0.29) is 11.9 Å². The standard InChI is InChI=1S/C9H15NO2S2/c10-4-9(8-2-1-3-13-8)14-6-7(12)5-11/h1-3,7,9,11-12H,4-6,10H2. The van der Waals surface area contributed by atoms with Gasteiger partial charge in [-0.05, 0) is 11.4 Å². The van der Waals surface area contributed by atoms with Gasteiger partial charge in [0, 0.05) is 17.2 Å². The predicted octanol–water partition coefficient (Wildman–Crippen LogP) is 0.834. The predicted molar refractivity (Wildman–Crippen MR) is 61.7 cm³/mol. The van der Waals surface area contributed by atoms with E-state index in [1.807, 2.05) is 17.5 Å². The molecule has 0 aliphatic carbocycles. The van der Waals surface area contributed by atoms with Crippen LogP contribution in [0.2, 0.25) is 0 Å². The Morgan fingerprint density at radius 2 is 2.36 bits per heavy atom. The average molecular weight is 233 g/mol. The molecule has 0 bridgehead atoms. The van der Waals surface area contributed by atoms with Crippen LogP contribution in [0.4, 0.5) is 0 Å². The van der Waals surface area contributed by atoms with E-state index in [2.05, 4.69) is 0 Å². The van der Waals surface area contributed by atoms with Crippen LogP contribution in [-0.4, -0.2) is 35.2 Å². The van der Waals surface area contributed by atoms with Crippen molar-refractivity contribution in [1.82, 2.24) is 0 Å². The number of hydrogen-bond acceptors (Lipinski definition) is 5. The lowest BCUT2D eigenvalue weighted by Crippen LogP contribution is -2.17. The monoisotopic (exact) mass is 233 g/mol. The van der Waals surface area contributed by atoms with Crippen LogP contribution in [0.5, 0.6) is 0 Å². The lowest BCUT2D eigenvalue weighted by atomic mass is 10.3. The van der Waals surface area contributed by atoms with Gasteiger partial charge in [0.15, 0.2) is 0 Å². The SMILES string of the molecule is NCC(SCC(O)CO)c1cccs1. The van der Waals surface area contributed by atoms with Gasteiger partial charge in [0.2, 0.25) is 0 Å². The topological polar surface area (TPSA) is 66.5 Å². The van der Waals surface area contributed by atoms with Gasteiger partial charge in [0.1, 0.15) is 0 Å². The summed E-state index contributed by atoms with van der Waals surface area (Å²) < 4.78 is 0. The van der Waals surface area contributed by atoms with Gasteiger partial charge in [-0.1, -0.05) is 6.07 Å². The second-order valence-electron chi connectivity index (χ2n) is 2.91. The van der Waals surface area contributed by atoms with Crippen molar-refractivity contribution < 1.29 is 10.2 Å². The molecule has 0 aliphatic rings. The van der Waals surface area contributed by atoms with Gasteiger partial charge in [0.05, 0.1) is 18.0 Å². The van der Waals surface area contributed by atoms with E-state index >= 15 is 0 Å². The summed E-state index contributed by atoms with van der Waals surface area (Å²) in [7, 11) is 0. The maximum atomic E-state index is 9.19. The Bertz CT molecular complexity index is 241. The van der Waals surface area contributed by atoms with E-state index in [4.69, 9.17) is 10.8 Å². The summed E-state index contributed by atoms with van der Waals surface area (Å²) in [4.78, 5) is 1.22. The molecule has 80 valence electrons. The van der Waals surface area contributed by atoms with E-state index < -0.39 is 6.10 Å². The summed E-state index contributed by atoms with van der Waals surface area (Å²) >= 11 is 3.26. The molecule has 0 amide bonds. The van der Waals surface area contributed by atoms with Gasteiger partial charge in [-0.25, -0.2) is 0 Å². The zero-order chi connectivity index (χ0) is 10.4. The Kier molecular flexibility index (Phi) is 5.50. The highest BCUT2D eigenvalue weighted by Crippen LogP contribution is 2.31. The fourth-order valence-electron chi connectivity index (χ4n) is 1.02. The first-order chi connectivity index (χ1) is 6.77. The highest BCUT2D eigenvalue weighted by Gasteiger charge is 2.13. The van der Waals surface area contributed by atoms with Crippen molar-refractivity contribution in [3.63, 3.8) is 0 Å². The molecule has 0 saturated heterocycles. The third kappa shape index (κ3) is 3.59. The summed E-state index contributed by atoms with van der Waals surface area (Å²) in [6.07, 6.45) is -0.644. The smallest absolute Gasteiger partial charge is 0.0861 e. The van der Waals surface area contributed by atoms with Crippen molar-refractivity contribution in [2.45, 2.75) is 11.4 Å². The Balaban J connectivity index is 2.40. The molecule has 2 unspecified atom stereocenters. The van der Waals surface area contributed by atoms with Crippen molar-refractivity contribution in [2.24, 2.45) is 5.73 Å². The molecule has 1 aromatic heterocycles. The van der Waals surface area contributed by atoms with Crippen LogP contribution in [0.25, 0.3) is 0 Å². The highest BCUT2D eigenvalue weighted by molar-refractivity contribution is 7.99. The van der Waals surface area contributed by atoms with E-state index in [1.54, 1.807) is 23.1 Å². The second kappa shape index (κ2) is 6.42. The third-order valence-corrected chi connectivity index (χ3v) is 4.34. The number of aliphatic hydroxyl groups excluding tert-OH is 2. The van der Waals surface area contributed by atoms with E-state index in [0.29, 0.717) is 12.3 Å². The molecule has 2 atom stereocenters. The van der Waals surface area contributed by atoms with Crippen molar-refractivity contribution in [3.05, 3.63) is 22.4 Å². The molecule has 0 radical (unpaired) electrons. The van der Waals surface area contributed by atoms with Crippen molar-refractivity contribution >= 4 is 23.1 Å². The van der Waals surface area contributed by atoms with E-state index in [1.165, 1.54) is 4.88 Å². The fraction of sp³-hybridized carbons (Fsp3) is 0.556. The molecule has 0 saturated carbocycles. The molecule has 0 aliphatic heterocycles. The lowest BCUT2D eigenvalue weighted by Gasteiger charge is -2.14. The van der Waals surface area contributed by atoms with Gasteiger partial charge >= 0.3 is 0 Å². The minimum atomic E-state index is -0.644. The van der Waals surface area contributed by atoms with Gasteiger partial charge in [-0.15, -0.1) is 23.1 Å². The normalized spacial score (nSPS) is 15.4. The number of hydrogen-bond donors (Lipinski definition) is 3. The minimum absolute atomic E-state index is 0.186. The summed E-state index contributed by atoms with van der Waals surface area (Å²) in [6.45, 7) is 0.373. The molecule has 3 nitrogen and oxygen atoms in total. The fourth-order valence-corrected chi connectivity index (χ4v) is 3.05. The maximum absolute atomic E-state index is 9.19. The zero-order valence-corrected chi connectivity index (χ0v) is 9.43. The molecule has 1 aromatic rings. The molecule has 1 rings (SSSR count). The van der Waals surface area contributed by atoms with Crippen LogP contribution < -0.4 is 5.73 Å². The quantitative estimate of drug-likeness (QED) is 0.681. The zero-order valence-electron chi connectivity index (χ0n) is 7.80. The first-order valence-electron chi connectivity index (χ1n) is 4.42. The molecule has 5 heteroatoms. The molecule has 14 heavy (non-hydrogen) atoms. The van der Waals surface area contributed by atoms with Crippen molar-refractivity contribution in [3.8, 4) is 0 Å². The Morgan fingerprint density at radius 3 is 2.86 bits per heavy atom. The van der Waals surface area contributed by atoms with Crippen LogP contribution in [-0.2, 0) is 0 Å². The Hall–Kier alpha value is -0.0700. The molecule has 0 fully saturated rings. The lowest BCUT2D eigenvalue weighted by molar-refractivity contribution is 0.113. The molecular formula is C9H15NO2S2. The van der Waals surface area contributed by atoms with Crippen LogP contribution in [0.1, 0.15) is 10.1 Å². The number of rotatable bonds is 6. The second-order valence-corrected chi connectivity index (χ2v) is 5.12. The van der Waals surface area contributed by atoms with Crippen molar-refractivity contribution in [2.75, 3.05) is 18.9 Å². The first kappa shape index (κ1) is 12.0.